The molecule has 5 aliphatic rings. The summed E-state index contributed by atoms with van der Waals surface area (Å²) in [7, 11) is 0. The van der Waals surface area contributed by atoms with Crippen molar-refractivity contribution in [2.75, 3.05) is 0 Å². The molecule has 20 heavy (non-hydrogen) atoms. The Hall–Kier alpha value is 0. The van der Waals surface area contributed by atoms with Gasteiger partial charge in [0.05, 0.1) is 0 Å². The first-order chi connectivity index (χ1) is 9.93. The summed E-state index contributed by atoms with van der Waals surface area (Å²) >= 11 is 0. The summed E-state index contributed by atoms with van der Waals surface area (Å²) in [5.41, 5.74) is 0. The molecule has 5 aliphatic carbocycles. The molecule has 0 heteroatoms. The van der Waals surface area contributed by atoms with E-state index in [-0.39, 0.29) is 0 Å². The SMILES string of the molecule is C1CCC2C(C1)CCC1C2C2CCC3CCCCC3C12. The fourth-order valence-electron chi connectivity index (χ4n) is 8.06. The summed E-state index contributed by atoms with van der Waals surface area (Å²) < 4.78 is 0. The first kappa shape index (κ1) is 12.5. The number of hydrogen-bond donors (Lipinski definition) is 0. The van der Waals surface area contributed by atoms with Gasteiger partial charge < -0.3 is 0 Å². The number of hydrogen-bond acceptors (Lipinski definition) is 0. The van der Waals surface area contributed by atoms with E-state index in [9.17, 15) is 0 Å². The Morgan fingerprint density at radius 3 is 1.30 bits per heavy atom. The quantitative estimate of drug-likeness (QED) is 0.533. The lowest BCUT2D eigenvalue weighted by Gasteiger charge is -2.66. The van der Waals surface area contributed by atoms with Gasteiger partial charge >= 0.3 is 0 Å². The highest BCUT2D eigenvalue weighted by Gasteiger charge is 2.60. The molecular weight excluding hydrogens is 240 g/mol. The molecule has 0 aromatic rings. The van der Waals surface area contributed by atoms with Gasteiger partial charge in [0.2, 0.25) is 0 Å². The van der Waals surface area contributed by atoms with E-state index in [4.69, 9.17) is 0 Å². The van der Waals surface area contributed by atoms with Crippen LogP contribution in [0.25, 0.3) is 0 Å². The second kappa shape index (κ2) is 4.75. The summed E-state index contributed by atoms with van der Waals surface area (Å²) in [5.74, 6) is 9.51. The van der Waals surface area contributed by atoms with E-state index in [2.05, 4.69) is 0 Å². The lowest BCUT2D eigenvalue weighted by Crippen LogP contribution is -2.60. The Morgan fingerprint density at radius 1 is 0.350 bits per heavy atom. The minimum absolute atomic E-state index is 1.16. The first-order valence-electron chi connectivity index (χ1n) is 9.93. The molecule has 0 bridgehead atoms. The normalized spacial score (nSPS) is 57.6. The van der Waals surface area contributed by atoms with Crippen molar-refractivity contribution in [3.05, 3.63) is 0 Å². The largest absolute Gasteiger partial charge is 0.0530 e. The zero-order valence-corrected chi connectivity index (χ0v) is 13.1. The van der Waals surface area contributed by atoms with Crippen molar-refractivity contribution in [3.8, 4) is 0 Å². The number of fused-ring (bicyclic) bond motifs is 8. The molecule has 4 atom stereocenters. The monoisotopic (exact) mass is 272 g/mol. The maximum absolute atomic E-state index is 1.64. The van der Waals surface area contributed by atoms with Crippen LogP contribution in [0.1, 0.15) is 77.0 Å². The molecule has 0 nitrogen and oxygen atoms in total. The average Bonchev–Trinajstić information content (AvgIpc) is 2.49. The Labute approximate surface area is 125 Å². The van der Waals surface area contributed by atoms with Crippen LogP contribution in [0.4, 0.5) is 0 Å². The van der Waals surface area contributed by atoms with Crippen LogP contribution in [0.2, 0.25) is 0 Å². The van der Waals surface area contributed by atoms with Gasteiger partial charge in [-0.1, -0.05) is 38.5 Å². The summed E-state index contributed by atoms with van der Waals surface area (Å²) in [6.07, 6.45) is 19.2. The Bertz CT molecular complexity index is 328. The maximum Gasteiger partial charge on any atom is -0.0321 e. The molecule has 0 spiro atoms. The van der Waals surface area contributed by atoms with Crippen LogP contribution in [-0.2, 0) is 0 Å². The molecule has 0 aromatic carbocycles. The summed E-state index contributed by atoms with van der Waals surface area (Å²) in [6.45, 7) is 0. The maximum atomic E-state index is 1.64. The third-order valence-electron chi connectivity index (χ3n) is 8.64. The van der Waals surface area contributed by atoms with Crippen LogP contribution in [-0.4, -0.2) is 0 Å². The van der Waals surface area contributed by atoms with Crippen molar-refractivity contribution in [1.82, 2.24) is 0 Å². The van der Waals surface area contributed by atoms with Crippen LogP contribution in [0.15, 0.2) is 0 Å². The van der Waals surface area contributed by atoms with E-state index < -0.39 is 0 Å². The Balaban J connectivity index is 1.39. The minimum Gasteiger partial charge on any atom is -0.0530 e. The van der Waals surface area contributed by atoms with Crippen molar-refractivity contribution in [2.24, 2.45) is 47.3 Å². The molecule has 5 saturated carbocycles. The molecule has 5 rings (SSSR count). The molecule has 0 heterocycles. The van der Waals surface area contributed by atoms with Crippen molar-refractivity contribution >= 4 is 0 Å². The van der Waals surface area contributed by atoms with Gasteiger partial charge in [-0.25, -0.2) is 0 Å². The molecular formula is C20H32. The van der Waals surface area contributed by atoms with Gasteiger partial charge in [-0.2, -0.15) is 0 Å². The third kappa shape index (κ3) is 1.66. The highest BCUT2D eigenvalue weighted by Crippen LogP contribution is 2.67. The second-order valence-corrected chi connectivity index (χ2v) is 9.05. The van der Waals surface area contributed by atoms with E-state index in [1.807, 2.05) is 0 Å². The summed E-state index contributed by atoms with van der Waals surface area (Å²) in [5, 5.41) is 0. The van der Waals surface area contributed by atoms with Crippen LogP contribution >= 0.6 is 0 Å². The Kier molecular flexibility index (Phi) is 2.98. The predicted molar refractivity (Wildman–Crippen MR) is 83.3 cm³/mol. The van der Waals surface area contributed by atoms with Gasteiger partial charge in [-0.05, 0) is 85.9 Å². The first-order valence-corrected chi connectivity index (χ1v) is 9.93. The minimum atomic E-state index is 1.16. The van der Waals surface area contributed by atoms with Crippen LogP contribution < -0.4 is 0 Å². The van der Waals surface area contributed by atoms with Gasteiger partial charge in [0.25, 0.3) is 0 Å². The fourth-order valence-corrected chi connectivity index (χ4v) is 8.06. The standard InChI is InChI=1S/C20H32/c1-3-7-15-13(5-1)9-11-17-19(15)18-12-10-14-6-2-4-8-16(14)20(17)18/h13-20H,1-12H2. The van der Waals surface area contributed by atoms with Gasteiger partial charge in [0.15, 0.2) is 0 Å². The van der Waals surface area contributed by atoms with E-state index in [0.29, 0.717) is 0 Å². The van der Waals surface area contributed by atoms with Gasteiger partial charge in [0.1, 0.15) is 0 Å². The van der Waals surface area contributed by atoms with Gasteiger partial charge in [-0.15, -0.1) is 0 Å². The van der Waals surface area contributed by atoms with Crippen LogP contribution in [0.5, 0.6) is 0 Å². The van der Waals surface area contributed by atoms with Crippen molar-refractivity contribution in [2.45, 2.75) is 77.0 Å². The lowest BCUT2D eigenvalue weighted by atomic mass is 9.39. The Morgan fingerprint density at radius 2 is 0.800 bits per heavy atom. The van der Waals surface area contributed by atoms with E-state index in [1.54, 1.807) is 77.0 Å². The molecule has 0 aliphatic heterocycles. The summed E-state index contributed by atoms with van der Waals surface area (Å²) in [6, 6.07) is 0. The van der Waals surface area contributed by atoms with Crippen LogP contribution in [0.3, 0.4) is 0 Å². The molecule has 112 valence electrons. The topological polar surface area (TPSA) is 0 Å². The highest BCUT2D eigenvalue weighted by molar-refractivity contribution is 5.09. The smallest absolute Gasteiger partial charge is 0.0321 e. The second-order valence-electron chi connectivity index (χ2n) is 9.05. The average molecular weight is 272 g/mol. The molecule has 0 amide bonds. The van der Waals surface area contributed by atoms with Crippen molar-refractivity contribution < 1.29 is 0 Å². The molecule has 0 radical (unpaired) electrons. The van der Waals surface area contributed by atoms with E-state index in [1.165, 1.54) is 35.5 Å². The molecule has 0 saturated heterocycles. The lowest BCUT2D eigenvalue weighted by molar-refractivity contribution is -0.178. The van der Waals surface area contributed by atoms with Crippen molar-refractivity contribution in [3.63, 3.8) is 0 Å². The van der Waals surface area contributed by atoms with E-state index >= 15 is 0 Å². The molecule has 5 fully saturated rings. The third-order valence-corrected chi connectivity index (χ3v) is 8.64. The zero-order valence-electron chi connectivity index (χ0n) is 13.1. The zero-order chi connectivity index (χ0) is 13.1. The molecule has 0 aromatic heterocycles. The van der Waals surface area contributed by atoms with Crippen LogP contribution in [0, 0.1) is 47.3 Å². The predicted octanol–water partition coefficient (Wildman–Crippen LogP) is 5.67. The molecule has 0 N–H and O–H groups in total. The summed E-state index contributed by atoms with van der Waals surface area (Å²) in [4.78, 5) is 0. The number of rotatable bonds is 0. The van der Waals surface area contributed by atoms with Gasteiger partial charge in [-0.3, -0.25) is 0 Å². The van der Waals surface area contributed by atoms with Crippen molar-refractivity contribution in [1.29, 1.82) is 0 Å². The van der Waals surface area contributed by atoms with Gasteiger partial charge in [0, 0.05) is 0 Å². The van der Waals surface area contributed by atoms with E-state index in [0.717, 1.165) is 11.8 Å². The fraction of sp³-hybridized carbons (Fsp3) is 1.00. The molecule has 4 unspecified atom stereocenters. The highest BCUT2D eigenvalue weighted by atomic mass is 14.6.